The van der Waals surface area contributed by atoms with Crippen molar-refractivity contribution < 1.29 is 9.90 Å². The van der Waals surface area contributed by atoms with E-state index in [2.05, 4.69) is 5.10 Å². The van der Waals surface area contributed by atoms with Crippen LogP contribution < -0.4 is 0 Å². The zero-order valence-electron chi connectivity index (χ0n) is 13.8. The Hall–Kier alpha value is -1.85. The van der Waals surface area contributed by atoms with Crippen LogP contribution in [0.1, 0.15) is 41.6 Å². The van der Waals surface area contributed by atoms with Crippen molar-refractivity contribution in [2.75, 3.05) is 13.6 Å². The Balaban J connectivity index is 1.66. The summed E-state index contributed by atoms with van der Waals surface area (Å²) in [4.78, 5) is 14.1. The lowest BCUT2D eigenvalue weighted by molar-refractivity contribution is 0.0157. The fraction of sp³-hybridized carbons (Fsp3) is 0.444. The van der Waals surface area contributed by atoms with Crippen molar-refractivity contribution in [1.82, 2.24) is 14.7 Å². The van der Waals surface area contributed by atoms with Gasteiger partial charge in [0, 0.05) is 24.8 Å². The van der Waals surface area contributed by atoms with E-state index in [1.165, 1.54) is 0 Å². The van der Waals surface area contributed by atoms with E-state index in [4.69, 9.17) is 11.6 Å². The van der Waals surface area contributed by atoms with Gasteiger partial charge in [0.2, 0.25) is 0 Å². The molecule has 1 aliphatic rings. The number of aliphatic hydroxyl groups is 1. The van der Waals surface area contributed by atoms with E-state index in [1.54, 1.807) is 29.0 Å². The van der Waals surface area contributed by atoms with E-state index < -0.39 is 5.60 Å². The molecule has 0 bridgehead atoms. The van der Waals surface area contributed by atoms with Crippen molar-refractivity contribution in [2.24, 2.45) is 0 Å². The maximum atomic E-state index is 12.5. The molecule has 0 unspecified atom stereocenters. The summed E-state index contributed by atoms with van der Waals surface area (Å²) in [5.41, 5.74) is 0.735. The molecule has 24 heavy (non-hydrogen) atoms. The highest BCUT2D eigenvalue weighted by Crippen LogP contribution is 2.30. The Kier molecular flexibility index (Phi) is 4.92. The van der Waals surface area contributed by atoms with Gasteiger partial charge in [0.1, 0.15) is 0 Å². The molecule has 1 saturated carbocycles. The minimum absolute atomic E-state index is 0.124. The van der Waals surface area contributed by atoms with E-state index >= 15 is 0 Å². The zero-order valence-corrected chi connectivity index (χ0v) is 14.5. The highest BCUT2D eigenvalue weighted by atomic mass is 35.5. The highest BCUT2D eigenvalue weighted by Gasteiger charge is 2.33. The van der Waals surface area contributed by atoms with Crippen molar-refractivity contribution in [2.45, 2.75) is 37.8 Å². The van der Waals surface area contributed by atoms with Gasteiger partial charge in [-0.2, -0.15) is 5.10 Å². The van der Waals surface area contributed by atoms with Crippen LogP contribution in [-0.2, 0) is 6.54 Å². The Morgan fingerprint density at radius 3 is 2.79 bits per heavy atom. The molecule has 6 heteroatoms. The van der Waals surface area contributed by atoms with E-state index in [0.717, 1.165) is 31.2 Å². The van der Waals surface area contributed by atoms with Gasteiger partial charge in [-0.05, 0) is 24.5 Å². The number of hydrogen-bond donors (Lipinski definition) is 1. The summed E-state index contributed by atoms with van der Waals surface area (Å²) < 4.78 is 1.70. The number of rotatable bonds is 5. The monoisotopic (exact) mass is 347 g/mol. The maximum absolute atomic E-state index is 12.5. The minimum Gasteiger partial charge on any atom is -0.388 e. The summed E-state index contributed by atoms with van der Waals surface area (Å²) in [5, 5.41) is 15.4. The molecule has 3 rings (SSSR count). The quantitative estimate of drug-likeness (QED) is 0.904. The average Bonchev–Trinajstić information content (AvgIpc) is 3.18. The van der Waals surface area contributed by atoms with Gasteiger partial charge in [0.15, 0.2) is 0 Å². The summed E-state index contributed by atoms with van der Waals surface area (Å²) in [6, 6.07) is 7.58. The fourth-order valence-corrected chi connectivity index (χ4v) is 3.48. The summed E-state index contributed by atoms with van der Waals surface area (Å²) in [6.07, 6.45) is 6.85. The van der Waals surface area contributed by atoms with E-state index in [1.807, 2.05) is 24.3 Å². The molecule has 0 radical (unpaired) electrons. The number of halogens is 1. The van der Waals surface area contributed by atoms with Crippen LogP contribution in [0.4, 0.5) is 0 Å². The largest absolute Gasteiger partial charge is 0.388 e. The van der Waals surface area contributed by atoms with Gasteiger partial charge in [-0.1, -0.05) is 42.6 Å². The third-order valence-electron chi connectivity index (χ3n) is 4.58. The van der Waals surface area contributed by atoms with E-state index in [-0.39, 0.29) is 5.91 Å². The van der Waals surface area contributed by atoms with Crippen LogP contribution in [0.3, 0.4) is 0 Å². The van der Waals surface area contributed by atoms with Crippen molar-refractivity contribution >= 4 is 17.5 Å². The molecule has 0 saturated heterocycles. The van der Waals surface area contributed by atoms with Gasteiger partial charge < -0.3 is 10.0 Å². The zero-order chi connectivity index (χ0) is 17.2. The third kappa shape index (κ3) is 3.79. The van der Waals surface area contributed by atoms with Gasteiger partial charge in [-0.25, -0.2) is 0 Å². The van der Waals surface area contributed by atoms with Gasteiger partial charge in [0.25, 0.3) is 5.91 Å². The number of aromatic nitrogens is 2. The number of benzene rings is 1. The highest BCUT2D eigenvalue weighted by molar-refractivity contribution is 6.31. The SMILES string of the molecule is CN(CC1(O)CCCC1)C(=O)c1cnn(Cc2ccccc2Cl)c1. The first-order chi connectivity index (χ1) is 11.5. The number of amides is 1. The molecule has 1 heterocycles. The lowest BCUT2D eigenvalue weighted by Crippen LogP contribution is -2.41. The normalized spacial score (nSPS) is 16.3. The minimum atomic E-state index is -0.738. The van der Waals surface area contributed by atoms with Gasteiger partial charge >= 0.3 is 0 Å². The number of nitrogens with zero attached hydrogens (tertiary/aromatic N) is 3. The first-order valence-electron chi connectivity index (χ1n) is 8.21. The molecular formula is C18H22ClN3O2. The number of carbonyl (C=O) groups is 1. The fourth-order valence-electron chi connectivity index (χ4n) is 3.29. The molecule has 0 spiro atoms. The number of carbonyl (C=O) groups excluding carboxylic acids is 1. The molecule has 1 amide bonds. The maximum Gasteiger partial charge on any atom is 0.256 e. The predicted octanol–water partition coefficient (Wildman–Crippen LogP) is 2.96. The first kappa shape index (κ1) is 17.0. The molecular weight excluding hydrogens is 326 g/mol. The van der Waals surface area contributed by atoms with E-state index in [0.29, 0.717) is 23.7 Å². The van der Waals surface area contributed by atoms with Crippen LogP contribution in [0, 0.1) is 0 Å². The lowest BCUT2D eigenvalue weighted by atomic mass is 10.0. The van der Waals surface area contributed by atoms with Gasteiger partial charge in [-0.3, -0.25) is 9.48 Å². The molecule has 1 aromatic heterocycles. The van der Waals surface area contributed by atoms with Crippen molar-refractivity contribution in [3.8, 4) is 0 Å². The molecule has 128 valence electrons. The molecule has 2 aromatic rings. The first-order valence-corrected chi connectivity index (χ1v) is 8.58. The number of likely N-dealkylation sites (N-methyl/N-ethyl adjacent to an activating group) is 1. The summed E-state index contributed by atoms with van der Waals surface area (Å²) in [6.45, 7) is 0.877. The van der Waals surface area contributed by atoms with Gasteiger partial charge in [0.05, 0.1) is 23.9 Å². The smallest absolute Gasteiger partial charge is 0.256 e. The number of hydrogen-bond acceptors (Lipinski definition) is 3. The Morgan fingerprint density at radius 1 is 1.38 bits per heavy atom. The van der Waals surface area contributed by atoms with Crippen LogP contribution in [0.15, 0.2) is 36.7 Å². The molecule has 0 atom stereocenters. The molecule has 1 aromatic carbocycles. The standard InChI is InChI=1S/C18H22ClN3O2/c1-21(13-18(24)8-4-5-9-18)17(23)15-10-20-22(12-15)11-14-6-2-3-7-16(14)19/h2-3,6-7,10,12,24H,4-5,8-9,11,13H2,1H3. The summed E-state index contributed by atoms with van der Waals surface area (Å²) >= 11 is 6.16. The molecule has 1 aliphatic carbocycles. The molecule has 0 aliphatic heterocycles. The van der Waals surface area contributed by atoms with Crippen LogP contribution in [0.2, 0.25) is 5.02 Å². The van der Waals surface area contributed by atoms with Crippen LogP contribution in [0.5, 0.6) is 0 Å². The van der Waals surface area contributed by atoms with Crippen LogP contribution in [-0.4, -0.2) is 44.9 Å². The van der Waals surface area contributed by atoms with Crippen molar-refractivity contribution in [3.63, 3.8) is 0 Å². The van der Waals surface area contributed by atoms with Gasteiger partial charge in [-0.15, -0.1) is 0 Å². The Bertz CT molecular complexity index is 723. The van der Waals surface area contributed by atoms with Crippen LogP contribution in [0.25, 0.3) is 0 Å². The third-order valence-corrected chi connectivity index (χ3v) is 4.95. The molecule has 5 nitrogen and oxygen atoms in total. The summed E-state index contributed by atoms with van der Waals surface area (Å²) in [5.74, 6) is -0.124. The Labute approximate surface area is 146 Å². The summed E-state index contributed by atoms with van der Waals surface area (Å²) in [7, 11) is 1.73. The average molecular weight is 348 g/mol. The second kappa shape index (κ2) is 6.95. The van der Waals surface area contributed by atoms with Crippen LogP contribution >= 0.6 is 11.6 Å². The second-order valence-corrected chi connectivity index (χ2v) is 7.02. The van der Waals surface area contributed by atoms with E-state index in [9.17, 15) is 9.90 Å². The van der Waals surface area contributed by atoms with Crippen molar-refractivity contribution in [3.05, 3.63) is 52.8 Å². The Morgan fingerprint density at radius 2 is 2.08 bits per heavy atom. The van der Waals surface area contributed by atoms with Crippen molar-refractivity contribution in [1.29, 1.82) is 0 Å². The lowest BCUT2D eigenvalue weighted by Gasteiger charge is -2.28. The predicted molar refractivity (Wildman–Crippen MR) is 93.2 cm³/mol. The second-order valence-electron chi connectivity index (χ2n) is 6.61. The molecule has 1 N–H and O–H groups in total. The molecule has 1 fully saturated rings. The topological polar surface area (TPSA) is 58.4 Å².